The number of nitrogens with one attached hydrogen (secondary N) is 3. The van der Waals surface area contributed by atoms with Crippen LogP contribution >= 0.6 is 0 Å². The first-order chi connectivity index (χ1) is 12.6. The van der Waals surface area contributed by atoms with Crippen molar-refractivity contribution in [1.29, 1.82) is 0 Å². The molecule has 138 valence electrons. The number of allylic oxidation sites excluding steroid dienone is 3. The number of hydrogen-bond donors (Lipinski definition) is 4. The van der Waals surface area contributed by atoms with Crippen LogP contribution in [0.4, 0.5) is 4.79 Å². The van der Waals surface area contributed by atoms with Crippen molar-refractivity contribution in [2.75, 3.05) is 13.1 Å². The van der Waals surface area contributed by atoms with Gasteiger partial charge in [0.25, 0.3) is 0 Å². The molecule has 0 radical (unpaired) electrons. The topological polar surface area (TPSA) is 73.4 Å². The van der Waals surface area contributed by atoms with E-state index in [1.165, 1.54) is 16.7 Å². The fraction of sp³-hybridized carbons (Fsp3) is 0.476. The van der Waals surface area contributed by atoms with Gasteiger partial charge in [-0.1, -0.05) is 24.3 Å². The maximum absolute atomic E-state index is 12.4. The van der Waals surface area contributed by atoms with Crippen LogP contribution in [0.15, 0.2) is 42.0 Å². The molecule has 1 aromatic rings. The Balaban J connectivity index is 1.35. The zero-order chi connectivity index (χ0) is 18.1. The highest BCUT2D eigenvalue weighted by Gasteiger charge is 2.49. The summed E-state index contributed by atoms with van der Waals surface area (Å²) in [6.45, 7) is 3.57. The van der Waals surface area contributed by atoms with Crippen LogP contribution in [0.5, 0.6) is 5.75 Å². The molecule has 3 aliphatic rings. The maximum Gasteiger partial charge on any atom is 0.315 e. The fourth-order valence-electron chi connectivity index (χ4n) is 4.74. The van der Waals surface area contributed by atoms with E-state index in [1.54, 1.807) is 6.07 Å². The van der Waals surface area contributed by atoms with Gasteiger partial charge in [-0.3, -0.25) is 0 Å². The minimum absolute atomic E-state index is 0.103. The molecule has 1 saturated heterocycles. The van der Waals surface area contributed by atoms with Gasteiger partial charge < -0.3 is 21.1 Å². The Kier molecular flexibility index (Phi) is 4.49. The predicted octanol–water partition coefficient (Wildman–Crippen LogP) is 2.73. The van der Waals surface area contributed by atoms with Crippen LogP contribution in [0.25, 0.3) is 0 Å². The second-order valence-corrected chi connectivity index (χ2v) is 7.83. The number of amides is 2. The summed E-state index contributed by atoms with van der Waals surface area (Å²) in [5.74, 6) is 0.664. The van der Waals surface area contributed by atoms with E-state index in [2.05, 4.69) is 34.2 Å². The number of benzene rings is 1. The lowest BCUT2D eigenvalue weighted by atomic mass is 9.86. The quantitative estimate of drug-likeness (QED) is 0.658. The highest BCUT2D eigenvalue weighted by molar-refractivity contribution is 5.74. The molecule has 26 heavy (non-hydrogen) atoms. The van der Waals surface area contributed by atoms with E-state index in [4.69, 9.17) is 0 Å². The molecule has 1 aromatic carbocycles. The van der Waals surface area contributed by atoms with Gasteiger partial charge in [-0.15, -0.1) is 0 Å². The highest BCUT2D eigenvalue weighted by Crippen LogP contribution is 2.46. The summed E-state index contributed by atoms with van der Waals surface area (Å²) in [7, 11) is 0. The molecule has 1 fully saturated rings. The van der Waals surface area contributed by atoms with Crippen molar-refractivity contribution >= 4 is 6.03 Å². The smallest absolute Gasteiger partial charge is 0.315 e. The largest absolute Gasteiger partial charge is 0.508 e. The monoisotopic (exact) mass is 353 g/mol. The lowest BCUT2D eigenvalue weighted by Crippen LogP contribution is -2.54. The SMILES string of the molecule is CC(CC1=CCC=C1)NC(=O)NC[C@]12Cc3ccc(O)cc3[C@H]1CCN2. The van der Waals surface area contributed by atoms with Crippen LogP contribution < -0.4 is 16.0 Å². The van der Waals surface area contributed by atoms with E-state index in [-0.39, 0.29) is 17.6 Å². The van der Waals surface area contributed by atoms with Crippen molar-refractivity contribution in [2.24, 2.45) is 0 Å². The van der Waals surface area contributed by atoms with Gasteiger partial charge in [0.05, 0.1) is 0 Å². The molecule has 3 atom stereocenters. The Labute approximate surface area is 154 Å². The van der Waals surface area contributed by atoms with Crippen LogP contribution in [0, 0.1) is 0 Å². The maximum atomic E-state index is 12.4. The number of urea groups is 1. The Morgan fingerprint density at radius 2 is 2.35 bits per heavy atom. The second kappa shape index (κ2) is 6.80. The molecule has 2 amide bonds. The number of aromatic hydroxyl groups is 1. The van der Waals surface area contributed by atoms with Crippen LogP contribution in [0.2, 0.25) is 0 Å². The molecule has 4 rings (SSSR count). The first kappa shape index (κ1) is 17.2. The van der Waals surface area contributed by atoms with Crippen LogP contribution in [0.1, 0.15) is 43.2 Å². The number of phenols is 1. The van der Waals surface area contributed by atoms with Gasteiger partial charge >= 0.3 is 6.03 Å². The van der Waals surface area contributed by atoms with Gasteiger partial charge in [-0.25, -0.2) is 4.79 Å². The Morgan fingerprint density at radius 3 is 3.15 bits per heavy atom. The molecule has 4 N–H and O–H groups in total. The lowest BCUT2D eigenvalue weighted by Gasteiger charge is -2.30. The third-order valence-corrected chi connectivity index (χ3v) is 5.92. The normalized spacial score (nSPS) is 27.0. The van der Waals surface area contributed by atoms with Gasteiger partial charge in [-0.2, -0.15) is 0 Å². The molecule has 0 aromatic heterocycles. The fourth-order valence-corrected chi connectivity index (χ4v) is 4.74. The summed E-state index contributed by atoms with van der Waals surface area (Å²) in [6, 6.07) is 5.64. The van der Waals surface area contributed by atoms with E-state index < -0.39 is 0 Å². The average molecular weight is 353 g/mol. The van der Waals surface area contributed by atoms with Gasteiger partial charge in [-0.05, 0) is 68.0 Å². The summed E-state index contributed by atoms with van der Waals surface area (Å²) < 4.78 is 0. The van der Waals surface area contributed by atoms with Crippen molar-refractivity contribution in [3.8, 4) is 5.75 Å². The second-order valence-electron chi connectivity index (χ2n) is 7.83. The summed E-state index contributed by atoms with van der Waals surface area (Å²) in [5.41, 5.74) is 3.66. The Hall–Kier alpha value is -2.27. The van der Waals surface area contributed by atoms with Crippen molar-refractivity contribution in [1.82, 2.24) is 16.0 Å². The number of carbonyl (C=O) groups excluding carboxylic acids is 1. The van der Waals surface area contributed by atoms with Crippen molar-refractivity contribution < 1.29 is 9.90 Å². The summed E-state index contributed by atoms with van der Waals surface area (Å²) in [6.07, 6.45) is 10.3. The molecule has 5 heteroatoms. The summed E-state index contributed by atoms with van der Waals surface area (Å²) in [5, 5.41) is 19.6. The molecular weight excluding hydrogens is 326 g/mol. The highest BCUT2D eigenvalue weighted by atomic mass is 16.3. The zero-order valence-corrected chi connectivity index (χ0v) is 15.2. The van der Waals surface area contributed by atoms with Crippen LogP contribution in [0.3, 0.4) is 0 Å². The summed E-state index contributed by atoms with van der Waals surface area (Å²) >= 11 is 0. The standard InChI is InChI=1S/C21H27N3O2/c1-14(10-15-4-2-3-5-15)24-20(26)22-13-21-12-16-6-7-17(25)11-18(16)19(21)8-9-23-21/h2,4-7,11,14,19,23,25H,3,8-10,12-13H2,1H3,(H2,22,24,26)/t14?,19-,21-/m1/s1. The molecule has 0 bridgehead atoms. The molecule has 0 saturated carbocycles. The first-order valence-electron chi connectivity index (χ1n) is 9.52. The molecule has 1 heterocycles. The van der Waals surface area contributed by atoms with Crippen molar-refractivity contribution in [2.45, 2.75) is 50.1 Å². The Morgan fingerprint density at radius 1 is 1.46 bits per heavy atom. The number of phenolic OH excluding ortho intramolecular Hbond substituents is 1. The van der Waals surface area contributed by atoms with Gasteiger partial charge in [0, 0.05) is 24.0 Å². The van der Waals surface area contributed by atoms with Crippen LogP contribution in [-0.4, -0.2) is 35.8 Å². The number of fused-ring (bicyclic) bond motifs is 3. The van der Waals surface area contributed by atoms with E-state index in [0.29, 0.717) is 18.2 Å². The van der Waals surface area contributed by atoms with E-state index >= 15 is 0 Å². The van der Waals surface area contributed by atoms with Gasteiger partial charge in [0.15, 0.2) is 0 Å². The molecular formula is C21H27N3O2. The molecule has 5 nitrogen and oxygen atoms in total. The Bertz CT molecular complexity index is 771. The van der Waals surface area contributed by atoms with E-state index in [1.807, 2.05) is 19.1 Å². The van der Waals surface area contributed by atoms with Gasteiger partial charge in [0.2, 0.25) is 0 Å². The van der Waals surface area contributed by atoms with Crippen molar-refractivity contribution in [3.05, 3.63) is 53.1 Å². The predicted molar refractivity (Wildman–Crippen MR) is 102 cm³/mol. The third-order valence-electron chi connectivity index (χ3n) is 5.92. The minimum atomic E-state index is -0.132. The molecule has 1 aliphatic heterocycles. The van der Waals surface area contributed by atoms with Crippen LogP contribution in [-0.2, 0) is 6.42 Å². The zero-order valence-electron chi connectivity index (χ0n) is 15.2. The lowest BCUT2D eigenvalue weighted by molar-refractivity contribution is 0.231. The minimum Gasteiger partial charge on any atom is -0.508 e. The summed E-state index contributed by atoms with van der Waals surface area (Å²) in [4.78, 5) is 12.4. The number of rotatable bonds is 5. The number of carbonyl (C=O) groups is 1. The number of hydrogen-bond acceptors (Lipinski definition) is 3. The first-order valence-corrected chi connectivity index (χ1v) is 9.52. The van der Waals surface area contributed by atoms with Crippen molar-refractivity contribution in [3.63, 3.8) is 0 Å². The molecule has 0 spiro atoms. The average Bonchev–Trinajstić information content (AvgIpc) is 3.29. The van der Waals surface area contributed by atoms with E-state index in [0.717, 1.165) is 32.2 Å². The van der Waals surface area contributed by atoms with Gasteiger partial charge in [0.1, 0.15) is 5.75 Å². The molecule has 1 unspecified atom stereocenters. The molecule has 2 aliphatic carbocycles. The third kappa shape index (κ3) is 3.23. The van der Waals surface area contributed by atoms with E-state index in [9.17, 15) is 9.90 Å².